The van der Waals surface area contributed by atoms with Crippen LogP contribution in [0.2, 0.25) is 0 Å². The molecule has 1 nitrogen and oxygen atoms in total. The molecule has 0 unspecified atom stereocenters. The Bertz CT molecular complexity index is 357. The van der Waals surface area contributed by atoms with Gasteiger partial charge in [-0.25, -0.2) is 4.39 Å². The Balaban J connectivity index is 2.90. The molecule has 0 aliphatic rings. The van der Waals surface area contributed by atoms with Crippen molar-refractivity contribution in [2.45, 2.75) is 26.6 Å². The van der Waals surface area contributed by atoms with E-state index in [0.29, 0.717) is 12.0 Å². The predicted octanol–water partition coefficient (Wildman–Crippen LogP) is 3.92. The van der Waals surface area contributed by atoms with Crippen LogP contribution in [0.25, 0.3) is 0 Å². The van der Waals surface area contributed by atoms with Gasteiger partial charge in [0.2, 0.25) is 0 Å². The van der Waals surface area contributed by atoms with Crippen LogP contribution in [0.5, 0.6) is 5.75 Å². The Labute approximate surface area is 91.0 Å². The molecule has 0 amide bonds. The van der Waals surface area contributed by atoms with Crippen LogP contribution >= 0.6 is 0 Å². The van der Waals surface area contributed by atoms with Crippen molar-refractivity contribution in [2.24, 2.45) is 5.92 Å². The largest absolute Gasteiger partial charge is 0.573 e. The van der Waals surface area contributed by atoms with Crippen molar-refractivity contribution in [1.29, 1.82) is 0 Å². The molecule has 5 heteroatoms. The third kappa shape index (κ3) is 4.08. The first-order valence-electron chi connectivity index (χ1n) is 4.82. The van der Waals surface area contributed by atoms with Crippen molar-refractivity contribution < 1.29 is 22.3 Å². The number of alkyl halides is 3. The lowest BCUT2D eigenvalue weighted by molar-refractivity contribution is -0.275. The summed E-state index contributed by atoms with van der Waals surface area (Å²) >= 11 is 0. The smallest absolute Gasteiger partial charge is 0.403 e. The van der Waals surface area contributed by atoms with E-state index in [-0.39, 0.29) is 5.92 Å². The van der Waals surface area contributed by atoms with Gasteiger partial charge in [-0.3, -0.25) is 0 Å². The molecule has 0 spiro atoms. The Morgan fingerprint density at radius 3 is 2.38 bits per heavy atom. The van der Waals surface area contributed by atoms with Crippen molar-refractivity contribution in [2.75, 3.05) is 0 Å². The molecule has 0 atom stereocenters. The summed E-state index contributed by atoms with van der Waals surface area (Å²) in [6.07, 6.45) is -4.29. The van der Waals surface area contributed by atoms with Gasteiger partial charge in [-0.2, -0.15) is 0 Å². The van der Waals surface area contributed by atoms with E-state index >= 15 is 0 Å². The average molecular weight is 236 g/mol. The molecule has 0 saturated carbocycles. The van der Waals surface area contributed by atoms with Crippen LogP contribution in [-0.2, 0) is 6.42 Å². The normalized spacial score (nSPS) is 11.9. The highest BCUT2D eigenvalue weighted by Gasteiger charge is 2.32. The van der Waals surface area contributed by atoms with E-state index in [4.69, 9.17) is 0 Å². The summed E-state index contributed by atoms with van der Waals surface area (Å²) < 4.78 is 52.4. The van der Waals surface area contributed by atoms with Crippen LogP contribution in [0, 0.1) is 11.7 Å². The maximum atomic E-state index is 13.0. The molecule has 0 heterocycles. The van der Waals surface area contributed by atoms with Crippen molar-refractivity contribution in [1.82, 2.24) is 0 Å². The van der Waals surface area contributed by atoms with Crippen molar-refractivity contribution >= 4 is 0 Å². The van der Waals surface area contributed by atoms with Crippen LogP contribution in [0.15, 0.2) is 18.2 Å². The fourth-order valence-corrected chi connectivity index (χ4v) is 1.35. The fourth-order valence-electron chi connectivity index (χ4n) is 1.35. The number of halogens is 4. The van der Waals surface area contributed by atoms with Crippen LogP contribution in [0.1, 0.15) is 19.4 Å². The van der Waals surface area contributed by atoms with E-state index in [1.807, 2.05) is 13.8 Å². The van der Waals surface area contributed by atoms with Gasteiger partial charge >= 0.3 is 6.36 Å². The molecule has 0 radical (unpaired) electrons. The Kier molecular flexibility index (Phi) is 3.78. The second-order valence-corrected chi connectivity index (χ2v) is 3.91. The first-order valence-corrected chi connectivity index (χ1v) is 4.82. The van der Waals surface area contributed by atoms with E-state index in [1.54, 1.807) is 0 Å². The van der Waals surface area contributed by atoms with E-state index in [9.17, 15) is 17.6 Å². The zero-order valence-electron chi connectivity index (χ0n) is 8.94. The Morgan fingerprint density at radius 1 is 1.25 bits per heavy atom. The highest BCUT2D eigenvalue weighted by Crippen LogP contribution is 2.27. The van der Waals surface area contributed by atoms with Gasteiger partial charge in [0.05, 0.1) is 0 Å². The number of rotatable bonds is 3. The summed E-state index contributed by atoms with van der Waals surface area (Å²) in [6, 6.07) is 3.53. The molecule has 1 aromatic rings. The number of hydrogen-bond donors (Lipinski definition) is 0. The lowest BCUT2D eigenvalue weighted by Crippen LogP contribution is -2.18. The van der Waals surface area contributed by atoms with Crippen LogP contribution in [0.4, 0.5) is 17.6 Å². The van der Waals surface area contributed by atoms with E-state index in [2.05, 4.69) is 4.74 Å². The van der Waals surface area contributed by atoms with Crippen molar-refractivity contribution in [3.63, 3.8) is 0 Å². The second-order valence-electron chi connectivity index (χ2n) is 3.91. The molecule has 0 aromatic heterocycles. The molecule has 0 N–H and O–H groups in total. The summed E-state index contributed by atoms with van der Waals surface area (Å²) in [5.41, 5.74) is 0.621. The SMILES string of the molecule is CC(C)Cc1ccc(F)c(OC(F)(F)F)c1. The zero-order chi connectivity index (χ0) is 12.3. The fraction of sp³-hybridized carbons (Fsp3) is 0.455. The van der Waals surface area contributed by atoms with Gasteiger partial charge in [0.1, 0.15) is 0 Å². The minimum absolute atomic E-state index is 0.282. The average Bonchev–Trinajstić information content (AvgIpc) is 2.07. The van der Waals surface area contributed by atoms with Gasteiger partial charge in [0.25, 0.3) is 0 Å². The number of hydrogen-bond acceptors (Lipinski definition) is 1. The monoisotopic (exact) mass is 236 g/mol. The topological polar surface area (TPSA) is 9.23 Å². The molecule has 1 rings (SSSR count). The first kappa shape index (κ1) is 12.8. The molecule has 0 saturated heterocycles. The van der Waals surface area contributed by atoms with Gasteiger partial charge in [0.15, 0.2) is 11.6 Å². The summed E-state index contributed by atoms with van der Waals surface area (Å²) in [7, 11) is 0. The van der Waals surface area contributed by atoms with Gasteiger partial charge in [-0.05, 0) is 30.0 Å². The Hall–Kier alpha value is -1.26. The first-order chi connectivity index (χ1) is 7.28. The minimum Gasteiger partial charge on any atom is -0.403 e. The molecule has 0 aliphatic heterocycles. The maximum absolute atomic E-state index is 13.0. The lowest BCUT2D eigenvalue weighted by atomic mass is 10.0. The van der Waals surface area contributed by atoms with E-state index < -0.39 is 17.9 Å². The number of benzene rings is 1. The van der Waals surface area contributed by atoms with Gasteiger partial charge < -0.3 is 4.74 Å². The maximum Gasteiger partial charge on any atom is 0.573 e. The quantitative estimate of drug-likeness (QED) is 0.722. The number of ether oxygens (including phenoxy) is 1. The molecule has 0 aliphatic carbocycles. The van der Waals surface area contributed by atoms with Crippen molar-refractivity contribution in [3.05, 3.63) is 29.6 Å². The Morgan fingerprint density at radius 2 is 1.88 bits per heavy atom. The van der Waals surface area contributed by atoms with E-state index in [1.165, 1.54) is 6.07 Å². The predicted molar refractivity (Wildman–Crippen MR) is 51.6 cm³/mol. The standard InChI is InChI=1S/C11H12F4O/c1-7(2)5-8-3-4-9(12)10(6-8)16-11(13,14)15/h3-4,6-7H,5H2,1-2H3. The summed E-state index contributed by atoms with van der Waals surface area (Å²) in [4.78, 5) is 0. The second kappa shape index (κ2) is 4.72. The molecule has 0 bridgehead atoms. The van der Waals surface area contributed by atoms with Crippen LogP contribution < -0.4 is 4.74 Å². The zero-order valence-corrected chi connectivity index (χ0v) is 8.94. The van der Waals surface area contributed by atoms with Crippen molar-refractivity contribution in [3.8, 4) is 5.75 Å². The van der Waals surface area contributed by atoms with Gasteiger partial charge in [-0.1, -0.05) is 19.9 Å². The third-order valence-electron chi connectivity index (χ3n) is 1.87. The molecule has 90 valence electrons. The van der Waals surface area contributed by atoms with E-state index in [0.717, 1.165) is 12.1 Å². The minimum atomic E-state index is -4.86. The highest BCUT2D eigenvalue weighted by molar-refractivity contribution is 5.30. The van der Waals surface area contributed by atoms with Crippen LogP contribution in [-0.4, -0.2) is 6.36 Å². The highest BCUT2D eigenvalue weighted by atomic mass is 19.4. The summed E-state index contributed by atoms with van der Waals surface area (Å²) in [6.45, 7) is 3.85. The molecular formula is C11H12F4O. The summed E-state index contributed by atoms with van der Waals surface area (Å²) in [5.74, 6) is -1.50. The molecule has 16 heavy (non-hydrogen) atoms. The lowest BCUT2D eigenvalue weighted by Gasteiger charge is -2.11. The van der Waals surface area contributed by atoms with Crippen LogP contribution in [0.3, 0.4) is 0 Å². The summed E-state index contributed by atoms with van der Waals surface area (Å²) in [5, 5.41) is 0. The third-order valence-corrected chi connectivity index (χ3v) is 1.87. The molecule has 1 aromatic carbocycles. The van der Waals surface area contributed by atoms with Gasteiger partial charge in [-0.15, -0.1) is 13.2 Å². The van der Waals surface area contributed by atoms with Gasteiger partial charge in [0, 0.05) is 0 Å². The molecule has 0 fully saturated rings. The molecular weight excluding hydrogens is 224 g/mol.